The van der Waals surface area contributed by atoms with Crippen molar-refractivity contribution in [2.45, 2.75) is 6.42 Å². The zero-order chi connectivity index (χ0) is 25.7. The van der Waals surface area contributed by atoms with Gasteiger partial charge in [0, 0.05) is 53.8 Å². The molecule has 194 valence electrons. The van der Waals surface area contributed by atoms with Crippen LogP contribution in [0.2, 0.25) is 0 Å². The third kappa shape index (κ3) is 6.82. The molecular weight excluding hydrogens is 520 g/mol. The number of hydrogen-bond acceptors (Lipinski definition) is 8. The average Bonchev–Trinajstić information content (AvgIpc) is 2.84. The van der Waals surface area contributed by atoms with Gasteiger partial charge in [-0.25, -0.2) is 13.4 Å². The molecule has 1 amide bonds. The molecule has 3 aromatic carbocycles. The number of non-ortho nitro benzene ring substituents is 1. The lowest BCUT2D eigenvalue weighted by atomic mass is 10.1. The van der Waals surface area contributed by atoms with E-state index in [1.165, 1.54) is 12.1 Å². The van der Waals surface area contributed by atoms with Crippen molar-refractivity contribution >= 4 is 72.9 Å². The van der Waals surface area contributed by atoms with Gasteiger partial charge in [0.05, 0.1) is 27.4 Å². The summed E-state index contributed by atoms with van der Waals surface area (Å²) in [6.07, 6.45) is 0.140. The fourth-order valence-electron chi connectivity index (χ4n) is 3.67. The van der Waals surface area contributed by atoms with Crippen LogP contribution in [-0.2, 0) is 14.8 Å². The second-order valence-electron chi connectivity index (χ2n) is 7.97. The number of para-hydroxylation sites is 1. The van der Waals surface area contributed by atoms with Crippen molar-refractivity contribution in [2.75, 3.05) is 28.9 Å². The Morgan fingerprint density at radius 3 is 2.35 bits per heavy atom. The van der Waals surface area contributed by atoms with Gasteiger partial charge in [-0.15, -0.1) is 12.4 Å². The molecule has 0 aliphatic carbocycles. The van der Waals surface area contributed by atoms with Crippen molar-refractivity contribution in [3.63, 3.8) is 0 Å². The van der Waals surface area contributed by atoms with Crippen molar-refractivity contribution in [1.29, 1.82) is 0 Å². The van der Waals surface area contributed by atoms with Crippen LogP contribution in [0.1, 0.15) is 6.42 Å². The van der Waals surface area contributed by atoms with E-state index in [1.807, 2.05) is 24.3 Å². The van der Waals surface area contributed by atoms with Crippen LogP contribution < -0.4 is 21.1 Å². The first kappa shape index (κ1) is 27.6. The number of sulfonamides is 1. The largest absolute Gasteiger partial charge is 0.355 e. The first-order valence-corrected chi connectivity index (χ1v) is 12.7. The second-order valence-corrected chi connectivity index (χ2v) is 9.82. The lowest BCUT2D eigenvalue weighted by Gasteiger charge is -2.14. The van der Waals surface area contributed by atoms with Crippen molar-refractivity contribution < 1.29 is 18.1 Å². The molecule has 0 atom stereocenters. The van der Waals surface area contributed by atoms with Crippen LogP contribution in [0.3, 0.4) is 0 Å². The molecule has 1 aromatic heterocycles. The van der Waals surface area contributed by atoms with E-state index >= 15 is 0 Å². The normalized spacial score (nSPS) is 11.1. The van der Waals surface area contributed by atoms with E-state index < -0.39 is 14.9 Å². The number of fused-ring (bicyclic) bond motifs is 2. The smallest absolute Gasteiger partial charge is 0.271 e. The molecule has 1 heterocycles. The molecule has 4 rings (SSSR count). The number of rotatable bonds is 10. The number of benzene rings is 3. The molecule has 0 spiro atoms. The topological polar surface area (TPSA) is 169 Å². The van der Waals surface area contributed by atoms with Gasteiger partial charge in [0.2, 0.25) is 15.9 Å². The van der Waals surface area contributed by atoms with Crippen LogP contribution in [0.5, 0.6) is 0 Å². The number of nitrogens with one attached hydrogen (secondary N) is 3. The highest BCUT2D eigenvalue weighted by atomic mass is 35.5. The molecule has 37 heavy (non-hydrogen) atoms. The van der Waals surface area contributed by atoms with Crippen molar-refractivity contribution in [3.8, 4) is 0 Å². The Labute approximate surface area is 219 Å². The van der Waals surface area contributed by atoms with Gasteiger partial charge in [-0.3, -0.25) is 19.6 Å². The van der Waals surface area contributed by atoms with E-state index in [4.69, 9.17) is 5.73 Å². The molecule has 13 heteroatoms. The number of nitrogens with two attached hydrogens (primary N) is 1. The zero-order valence-corrected chi connectivity index (χ0v) is 21.1. The predicted molar refractivity (Wildman–Crippen MR) is 147 cm³/mol. The van der Waals surface area contributed by atoms with Gasteiger partial charge in [-0.2, -0.15) is 0 Å². The molecule has 0 unspecified atom stereocenters. The number of carbonyl (C=O) groups excluding carboxylic acids is 1. The molecule has 0 aliphatic heterocycles. The Bertz CT molecular complexity index is 1550. The van der Waals surface area contributed by atoms with E-state index in [1.54, 1.807) is 30.3 Å². The number of aromatic nitrogens is 1. The van der Waals surface area contributed by atoms with Gasteiger partial charge >= 0.3 is 0 Å². The van der Waals surface area contributed by atoms with Crippen molar-refractivity contribution in [2.24, 2.45) is 5.73 Å². The third-order valence-electron chi connectivity index (χ3n) is 5.37. The highest BCUT2D eigenvalue weighted by Gasteiger charge is 2.14. The molecule has 4 aromatic rings. The predicted octanol–water partition coefficient (Wildman–Crippen LogP) is 3.67. The number of amides is 1. The minimum absolute atomic E-state index is 0. The van der Waals surface area contributed by atoms with Crippen LogP contribution in [0.25, 0.3) is 21.8 Å². The molecule has 0 saturated heterocycles. The maximum Gasteiger partial charge on any atom is 0.271 e. The summed E-state index contributed by atoms with van der Waals surface area (Å²) >= 11 is 0. The lowest BCUT2D eigenvalue weighted by Crippen LogP contribution is -2.32. The first-order valence-electron chi connectivity index (χ1n) is 11.1. The van der Waals surface area contributed by atoms with E-state index in [-0.39, 0.29) is 49.3 Å². The summed E-state index contributed by atoms with van der Waals surface area (Å²) in [5.74, 6) is -0.571. The number of nitro groups is 1. The van der Waals surface area contributed by atoms with Gasteiger partial charge in [0.25, 0.3) is 5.69 Å². The Morgan fingerprint density at radius 1 is 0.973 bits per heavy atom. The van der Waals surface area contributed by atoms with Crippen molar-refractivity contribution in [3.05, 3.63) is 76.8 Å². The highest BCUT2D eigenvalue weighted by Crippen LogP contribution is 2.34. The molecule has 0 bridgehead atoms. The fraction of sp³-hybridized carbons (Fsp3) is 0.167. The van der Waals surface area contributed by atoms with Crippen LogP contribution in [0, 0.1) is 10.1 Å². The van der Waals surface area contributed by atoms with Gasteiger partial charge in [-0.1, -0.05) is 18.2 Å². The number of halogens is 1. The number of hydrogen-bond donors (Lipinski definition) is 4. The summed E-state index contributed by atoms with van der Waals surface area (Å²) in [5, 5.41) is 18.6. The van der Waals surface area contributed by atoms with E-state index in [9.17, 15) is 23.3 Å². The standard InChI is InChI=1S/C24H24N6O5S.ClH/c25-12-11-23(31)26-13-14-36(34,35)29-17-7-5-16(6-8-17)27-24-19-3-1-2-4-21(19)28-22-15-18(30(32)33)9-10-20(22)24;/h1-10,15,29H,11-14,25H2,(H,26,31)(H,27,28);1H. The third-order valence-corrected chi connectivity index (χ3v) is 6.66. The van der Waals surface area contributed by atoms with E-state index in [0.717, 1.165) is 11.1 Å². The van der Waals surface area contributed by atoms with Crippen molar-refractivity contribution in [1.82, 2.24) is 10.3 Å². The number of nitro benzene ring substituents is 1. The van der Waals surface area contributed by atoms with Crippen LogP contribution in [-0.4, -0.2) is 43.1 Å². The average molecular weight is 545 g/mol. The zero-order valence-electron chi connectivity index (χ0n) is 19.5. The summed E-state index contributed by atoms with van der Waals surface area (Å²) in [7, 11) is -3.67. The van der Waals surface area contributed by atoms with Crippen LogP contribution >= 0.6 is 12.4 Å². The maximum absolute atomic E-state index is 12.3. The molecule has 5 N–H and O–H groups in total. The Morgan fingerprint density at radius 2 is 1.65 bits per heavy atom. The Kier molecular flexibility index (Phi) is 8.81. The first-order chi connectivity index (χ1) is 17.3. The van der Waals surface area contributed by atoms with Gasteiger partial charge in [-0.05, 0) is 36.4 Å². The summed E-state index contributed by atoms with van der Waals surface area (Å²) in [6.45, 7) is 0.177. The molecule has 0 aliphatic rings. The fourth-order valence-corrected chi connectivity index (χ4v) is 4.64. The number of nitrogens with zero attached hydrogens (tertiary/aromatic N) is 2. The van der Waals surface area contributed by atoms with E-state index in [2.05, 4.69) is 20.3 Å². The molecule has 11 nitrogen and oxygen atoms in total. The van der Waals surface area contributed by atoms with Gasteiger partial charge in [0.15, 0.2) is 0 Å². The molecular formula is C24H25ClN6O5S. The summed E-state index contributed by atoms with van der Waals surface area (Å²) in [6, 6.07) is 18.6. The molecule has 0 saturated carbocycles. The quantitative estimate of drug-likeness (QED) is 0.133. The van der Waals surface area contributed by atoms with Crippen LogP contribution in [0.15, 0.2) is 66.7 Å². The number of carbonyl (C=O) groups is 1. The molecule has 0 fully saturated rings. The SMILES string of the molecule is Cl.NCCC(=O)NCCS(=O)(=O)Nc1ccc(Nc2c3ccccc3nc3cc([N+](=O)[O-])ccc23)cc1. The van der Waals surface area contributed by atoms with Crippen LogP contribution in [0.4, 0.5) is 22.7 Å². The minimum atomic E-state index is -3.67. The molecule has 0 radical (unpaired) electrons. The maximum atomic E-state index is 12.3. The number of anilines is 3. The number of pyridine rings is 1. The van der Waals surface area contributed by atoms with E-state index in [0.29, 0.717) is 27.8 Å². The summed E-state index contributed by atoms with van der Waals surface area (Å²) in [5.41, 5.74) is 8.19. The lowest BCUT2D eigenvalue weighted by molar-refractivity contribution is -0.384. The summed E-state index contributed by atoms with van der Waals surface area (Å²) < 4.78 is 27.1. The highest BCUT2D eigenvalue weighted by molar-refractivity contribution is 7.92. The summed E-state index contributed by atoms with van der Waals surface area (Å²) in [4.78, 5) is 26.8. The Balaban J connectivity index is 0.00000380. The minimum Gasteiger partial charge on any atom is -0.355 e. The van der Waals surface area contributed by atoms with Gasteiger partial charge < -0.3 is 16.4 Å². The second kappa shape index (κ2) is 11.8. The monoisotopic (exact) mass is 544 g/mol. The van der Waals surface area contributed by atoms with Gasteiger partial charge in [0.1, 0.15) is 0 Å². The Hall–Kier alpha value is -4.00.